The molecule has 0 aliphatic rings. The van der Waals surface area contributed by atoms with Gasteiger partial charge in [0.15, 0.2) is 0 Å². The van der Waals surface area contributed by atoms with Gasteiger partial charge >= 0.3 is 0 Å². The van der Waals surface area contributed by atoms with E-state index in [0.29, 0.717) is 24.3 Å². The van der Waals surface area contributed by atoms with Crippen molar-refractivity contribution in [2.24, 2.45) is 0 Å². The van der Waals surface area contributed by atoms with Crippen LogP contribution in [0, 0.1) is 5.82 Å². The quantitative estimate of drug-likeness (QED) is 0.718. The number of benzene rings is 1. The van der Waals surface area contributed by atoms with Gasteiger partial charge < -0.3 is 4.79 Å². The smallest absolute Gasteiger partial charge is 0.145 e. The van der Waals surface area contributed by atoms with E-state index in [1.165, 1.54) is 0 Å². The van der Waals surface area contributed by atoms with Gasteiger partial charge in [0, 0.05) is 6.42 Å². The molecule has 0 amide bonds. The van der Waals surface area contributed by atoms with Crippen LogP contribution in [0.2, 0.25) is 5.02 Å². The van der Waals surface area contributed by atoms with Crippen molar-refractivity contribution in [1.82, 2.24) is 0 Å². The summed E-state index contributed by atoms with van der Waals surface area (Å²) >= 11 is 5.78. The van der Waals surface area contributed by atoms with Crippen molar-refractivity contribution in [3.8, 4) is 0 Å². The molecule has 0 unspecified atom stereocenters. The molecule has 0 spiro atoms. The van der Waals surface area contributed by atoms with E-state index in [0.717, 1.165) is 11.8 Å². The van der Waals surface area contributed by atoms with Gasteiger partial charge in [-0.2, -0.15) is 0 Å². The van der Waals surface area contributed by atoms with Gasteiger partial charge in [-0.1, -0.05) is 31.5 Å². The van der Waals surface area contributed by atoms with Crippen LogP contribution in [0.4, 0.5) is 4.39 Å². The molecule has 0 radical (unpaired) electrons. The van der Waals surface area contributed by atoms with E-state index < -0.39 is 5.82 Å². The molecular formula is C12H14ClFO. The lowest BCUT2D eigenvalue weighted by Gasteiger charge is -2.10. The second kappa shape index (κ2) is 5.26. The molecule has 0 fully saturated rings. The van der Waals surface area contributed by atoms with E-state index in [-0.39, 0.29) is 5.02 Å². The van der Waals surface area contributed by atoms with E-state index in [1.54, 1.807) is 12.1 Å². The molecule has 0 N–H and O–H groups in total. The molecule has 0 atom stereocenters. The Morgan fingerprint density at radius 3 is 2.67 bits per heavy atom. The van der Waals surface area contributed by atoms with Crippen LogP contribution >= 0.6 is 11.6 Å². The molecular weight excluding hydrogens is 215 g/mol. The fraction of sp³-hybridized carbons (Fsp3) is 0.417. The van der Waals surface area contributed by atoms with Gasteiger partial charge in [0.25, 0.3) is 0 Å². The van der Waals surface area contributed by atoms with Crippen LogP contribution in [0.15, 0.2) is 12.1 Å². The van der Waals surface area contributed by atoms with Crippen molar-refractivity contribution in [1.29, 1.82) is 0 Å². The normalized spacial score (nSPS) is 10.7. The third kappa shape index (κ3) is 3.03. The Balaban J connectivity index is 3.07. The molecule has 82 valence electrons. The summed E-state index contributed by atoms with van der Waals surface area (Å²) in [6, 6.07) is 3.43. The minimum atomic E-state index is -0.400. The Morgan fingerprint density at radius 2 is 2.13 bits per heavy atom. The molecule has 3 heteroatoms. The molecule has 0 aliphatic carbocycles. The predicted molar refractivity (Wildman–Crippen MR) is 59.9 cm³/mol. The van der Waals surface area contributed by atoms with Gasteiger partial charge in [-0.3, -0.25) is 0 Å². The molecule has 0 bridgehead atoms. The Labute approximate surface area is 94.3 Å². The number of aryl methyl sites for hydroxylation is 1. The fourth-order valence-electron chi connectivity index (χ4n) is 1.40. The summed E-state index contributed by atoms with van der Waals surface area (Å²) in [5.74, 6) is -0.0963. The van der Waals surface area contributed by atoms with E-state index in [9.17, 15) is 9.18 Å². The summed E-state index contributed by atoms with van der Waals surface area (Å²) in [5, 5.41) is 0.141. The van der Waals surface area contributed by atoms with Crippen molar-refractivity contribution in [2.75, 3.05) is 0 Å². The monoisotopic (exact) mass is 228 g/mol. The van der Waals surface area contributed by atoms with Gasteiger partial charge in [0.2, 0.25) is 0 Å². The Bertz CT molecular complexity index is 361. The summed E-state index contributed by atoms with van der Waals surface area (Å²) < 4.78 is 13.5. The first kappa shape index (κ1) is 12.2. The van der Waals surface area contributed by atoms with Gasteiger partial charge in [-0.05, 0) is 29.5 Å². The van der Waals surface area contributed by atoms with Crippen molar-refractivity contribution < 1.29 is 9.18 Å². The molecule has 0 aliphatic heterocycles. The number of hydrogen-bond acceptors (Lipinski definition) is 1. The number of rotatable bonds is 4. The first-order valence-electron chi connectivity index (χ1n) is 4.97. The Kier molecular flexibility index (Phi) is 4.28. The topological polar surface area (TPSA) is 17.1 Å². The lowest BCUT2D eigenvalue weighted by Crippen LogP contribution is -1.97. The van der Waals surface area contributed by atoms with E-state index >= 15 is 0 Å². The maximum atomic E-state index is 13.5. The van der Waals surface area contributed by atoms with Crippen molar-refractivity contribution in [3.63, 3.8) is 0 Å². The number of carbonyl (C=O) groups excluding carboxylic acids is 1. The molecule has 1 rings (SSSR count). The molecule has 0 saturated heterocycles. The Hall–Kier alpha value is -0.890. The van der Waals surface area contributed by atoms with Gasteiger partial charge in [-0.25, -0.2) is 4.39 Å². The third-order valence-corrected chi connectivity index (χ3v) is 2.60. The average molecular weight is 229 g/mol. The minimum Gasteiger partial charge on any atom is -0.303 e. The van der Waals surface area contributed by atoms with Gasteiger partial charge in [0.1, 0.15) is 12.1 Å². The highest BCUT2D eigenvalue weighted by Crippen LogP contribution is 2.25. The molecule has 1 aromatic carbocycles. The van der Waals surface area contributed by atoms with Crippen LogP contribution in [-0.2, 0) is 11.2 Å². The van der Waals surface area contributed by atoms with Crippen LogP contribution in [0.1, 0.15) is 37.3 Å². The second-order valence-corrected chi connectivity index (χ2v) is 4.24. The highest BCUT2D eigenvalue weighted by atomic mass is 35.5. The molecule has 1 nitrogen and oxygen atoms in total. The average Bonchev–Trinajstić information content (AvgIpc) is 2.19. The molecule has 1 aromatic rings. The number of aldehydes is 1. The lowest BCUT2D eigenvalue weighted by molar-refractivity contribution is -0.107. The maximum Gasteiger partial charge on any atom is 0.145 e. The predicted octanol–water partition coefficient (Wildman–Crippen LogP) is 3.73. The number of halogens is 2. The van der Waals surface area contributed by atoms with Crippen molar-refractivity contribution in [2.45, 2.75) is 32.6 Å². The number of carbonyl (C=O) groups is 1. The second-order valence-electron chi connectivity index (χ2n) is 3.84. The summed E-state index contributed by atoms with van der Waals surface area (Å²) in [6.45, 7) is 4.04. The van der Waals surface area contributed by atoms with Crippen LogP contribution < -0.4 is 0 Å². The van der Waals surface area contributed by atoms with E-state index in [2.05, 4.69) is 0 Å². The zero-order valence-corrected chi connectivity index (χ0v) is 9.64. The first-order chi connectivity index (χ1) is 7.06. The van der Waals surface area contributed by atoms with E-state index in [1.807, 2.05) is 13.8 Å². The lowest BCUT2D eigenvalue weighted by atomic mass is 9.98. The SMILES string of the molecule is CC(C)c1cc(Cl)c(F)c(CCC=O)c1. The first-order valence-corrected chi connectivity index (χ1v) is 5.35. The largest absolute Gasteiger partial charge is 0.303 e. The van der Waals surface area contributed by atoms with Crippen LogP contribution in [0.3, 0.4) is 0 Å². The highest BCUT2D eigenvalue weighted by Gasteiger charge is 2.10. The zero-order valence-electron chi connectivity index (χ0n) is 8.89. The maximum absolute atomic E-state index is 13.5. The van der Waals surface area contributed by atoms with Crippen molar-refractivity contribution >= 4 is 17.9 Å². The van der Waals surface area contributed by atoms with E-state index in [4.69, 9.17) is 11.6 Å². The third-order valence-electron chi connectivity index (χ3n) is 2.32. The fourth-order valence-corrected chi connectivity index (χ4v) is 1.65. The number of hydrogen-bond donors (Lipinski definition) is 0. The minimum absolute atomic E-state index is 0.141. The molecule has 0 saturated carbocycles. The molecule has 0 heterocycles. The van der Waals surface area contributed by atoms with Crippen molar-refractivity contribution in [3.05, 3.63) is 34.1 Å². The summed E-state index contributed by atoms with van der Waals surface area (Å²) in [6.07, 6.45) is 1.53. The summed E-state index contributed by atoms with van der Waals surface area (Å²) in [5.41, 5.74) is 1.53. The summed E-state index contributed by atoms with van der Waals surface area (Å²) in [4.78, 5) is 10.2. The standard InChI is InChI=1S/C12H14ClFO/c1-8(2)10-6-9(4-3-5-15)12(14)11(13)7-10/h5-8H,3-4H2,1-2H3. The molecule has 15 heavy (non-hydrogen) atoms. The van der Waals surface area contributed by atoms with Crippen LogP contribution in [-0.4, -0.2) is 6.29 Å². The van der Waals surface area contributed by atoms with Crippen LogP contribution in [0.5, 0.6) is 0 Å². The summed E-state index contributed by atoms with van der Waals surface area (Å²) in [7, 11) is 0. The van der Waals surface area contributed by atoms with Gasteiger partial charge in [0.05, 0.1) is 5.02 Å². The van der Waals surface area contributed by atoms with Crippen LogP contribution in [0.25, 0.3) is 0 Å². The van der Waals surface area contributed by atoms with Gasteiger partial charge in [-0.15, -0.1) is 0 Å². The molecule has 0 aromatic heterocycles. The highest BCUT2D eigenvalue weighted by molar-refractivity contribution is 6.30. The zero-order chi connectivity index (χ0) is 11.4. The Morgan fingerprint density at radius 1 is 1.47 bits per heavy atom.